The van der Waals surface area contributed by atoms with Crippen molar-refractivity contribution in [2.75, 3.05) is 33.7 Å². The summed E-state index contributed by atoms with van der Waals surface area (Å²) in [6.45, 7) is 11.3. The number of hydrogen-bond acceptors (Lipinski definition) is 4. The second-order valence-electron chi connectivity index (χ2n) is 8.64. The van der Waals surface area contributed by atoms with Crippen LogP contribution in [0.15, 0.2) is 71.4 Å². The van der Waals surface area contributed by atoms with Gasteiger partial charge in [-0.2, -0.15) is 0 Å². The van der Waals surface area contributed by atoms with Crippen LogP contribution >= 0.6 is 0 Å². The van der Waals surface area contributed by atoms with Crippen molar-refractivity contribution in [3.63, 3.8) is 0 Å². The Balaban J connectivity index is 1.66. The fourth-order valence-corrected chi connectivity index (χ4v) is 4.04. The van der Waals surface area contributed by atoms with Crippen LogP contribution in [0.5, 0.6) is 0 Å². The molecule has 31 heavy (non-hydrogen) atoms. The van der Waals surface area contributed by atoms with Crippen LogP contribution in [0.3, 0.4) is 0 Å². The highest BCUT2D eigenvalue weighted by Gasteiger charge is 2.20. The molecule has 1 aliphatic carbocycles. The highest BCUT2D eigenvalue weighted by Crippen LogP contribution is 2.23. The molecular weight excluding hydrogens is 380 g/mol. The van der Waals surface area contributed by atoms with Crippen molar-refractivity contribution in [2.24, 2.45) is 4.99 Å². The van der Waals surface area contributed by atoms with Crippen molar-refractivity contribution in [1.82, 2.24) is 15.1 Å². The summed E-state index contributed by atoms with van der Waals surface area (Å²) in [7, 11) is 4.15. The maximum atomic E-state index is 5.09. The van der Waals surface area contributed by atoms with E-state index in [2.05, 4.69) is 91.2 Å². The standard InChI is InChI=1S/C27H38N4/c1-6-7-8-12-27-29-26(23-15-13-21(2)14-16-23)17-18-31(27)19-22(3)30(5)20-24-10-9-11-25(24)28-4/h9-11,13-17,25,28H,3,6-8,12,18-20H2,1-2,4-5H3. The van der Waals surface area contributed by atoms with E-state index in [0.717, 1.165) is 37.4 Å². The van der Waals surface area contributed by atoms with E-state index >= 15 is 0 Å². The zero-order chi connectivity index (χ0) is 22.2. The largest absolute Gasteiger partial charge is 0.373 e. The monoisotopic (exact) mass is 418 g/mol. The van der Waals surface area contributed by atoms with Gasteiger partial charge in [-0.3, -0.25) is 0 Å². The maximum Gasteiger partial charge on any atom is 0.105 e. The van der Waals surface area contributed by atoms with Crippen molar-refractivity contribution in [1.29, 1.82) is 0 Å². The number of allylic oxidation sites excluding steroid dienone is 2. The van der Waals surface area contributed by atoms with Crippen molar-refractivity contribution >= 4 is 11.5 Å². The van der Waals surface area contributed by atoms with Gasteiger partial charge in [0.2, 0.25) is 0 Å². The molecule has 1 aromatic carbocycles. The minimum atomic E-state index is 0.330. The lowest BCUT2D eigenvalue weighted by molar-refractivity contribution is 0.376. The fourth-order valence-electron chi connectivity index (χ4n) is 4.04. The van der Waals surface area contributed by atoms with Crippen LogP contribution in [-0.4, -0.2) is 55.4 Å². The highest BCUT2D eigenvalue weighted by molar-refractivity contribution is 5.90. The molecule has 0 bridgehead atoms. The molecule has 0 amide bonds. The summed E-state index contributed by atoms with van der Waals surface area (Å²) in [5.74, 6) is 1.19. The minimum Gasteiger partial charge on any atom is -0.373 e. The van der Waals surface area contributed by atoms with E-state index < -0.39 is 0 Å². The van der Waals surface area contributed by atoms with Gasteiger partial charge in [0.25, 0.3) is 0 Å². The number of nitrogens with one attached hydrogen (secondary N) is 1. The van der Waals surface area contributed by atoms with Gasteiger partial charge >= 0.3 is 0 Å². The quantitative estimate of drug-likeness (QED) is 0.504. The first-order chi connectivity index (χ1) is 15.0. The minimum absolute atomic E-state index is 0.330. The topological polar surface area (TPSA) is 30.9 Å². The Hall–Kier alpha value is -2.59. The number of hydrogen-bond donors (Lipinski definition) is 1. The molecule has 0 radical (unpaired) electrons. The maximum absolute atomic E-state index is 5.09. The van der Waals surface area contributed by atoms with Crippen LogP contribution in [0.4, 0.5) is 0 Å². The van der Waals surface area contributed by atoms with Crippen molar-refractivity contribution < 1.29 is 0 Å². The SMILES string of the molecule is C=C(CN1CC=C(c2ccc(C)cc2)N=C1CCCCC)N(C)CC1=CC=CC1NC. The predicted octanol–water partition coefficient (Wildman–Crippen LogP) is 5.16. The fraction of sp³-hybridized carbons (Fsp3) is 0.444. The highest BCUT2D eigenvalue weighted by atomic mass is 15.2. The first-order valence-electron chi connectivity index (χ1n) is 11.5. The molecule has 0 fully saturated rings. The molecule has 0 saturated carbocycles. The van der Waals surface area contributed by atoms with Gasteiger partial charge in [-0.15, -0.1) is 0 Å². The number of nitrogens with zero attached hydrogens (tertiary/aromatic N) is 3. The summed E-state index contributed by atoms with van der Waals surface area (Å²) >= 11 is 0. The predicted molar refractivity (Wildman–Crippen MR) is 134 cm³/mol. The summed E-state index contributed by atoms with van der Waals surface area (Å²) in [6.07, 6.45) is 13.5. The van der Waals surface area contributed by atoms with Gasteiger partial charge in [-0.25, -0.2) is 4.99 Å². The second-order valence-corrected chi connectivity index (χ2v) is 8.64. The number of benzene rings is 1. The number of rotatable bonds is 11. The first kappa shape index (κ1) is 23.1. The Bertz CT molecular complexity index is 873. The molecule has 1 N–H and O–H groups in total. The van der Waals surface area contributed by atoms with Gasteiger partial charge in [0.05, 0.1) is 12.2 Å². The smallest absolute Gasteiger partial charge is 0.105 e. The Labute approximate surface area is 188 Å². The molecule has 1 aromatic rings. The lowest BCUT2D eigenvalue weighted by Crippen LogP contribution is -2.39. The second kappa shape index (κ2) is 11.1. The molecule has 1 heterocycles. The number of amidine groups is 1. The number of likely N-dealkylation sites (N-methyl/N-ethyl adjacent to an activating group) is 2. The van der Waals surface area contributed by atoms with E-state index in [4.69, 9.17) is 4.99 Å². The average Bonchev–Trinajstić information content (AvgIpc) is 3.22. The van der Waals surface area contributed by atoms with Crippen molar-refractivity contribution in [3.8, 4) is 0 Å². The molecule has 4 heteroatoms. The van der Waals surface area contributed by atoms with Gasteiger partial charge in [0.15, 0.2) is 0 Å². The molecule has 4 nitrogen and oxygen atoms in total. The molecule has 2 aliphatic rings. The van der Waals surface area contributed by atoms with E-state index in [1.807, 2.05) is 7.05 Å². The van der Waals surface area contributed by atoms with Crippen LogP contribution in [0.1, 0.15) is 43.7 Å². The molecular formula is C27H38N4. The van der Waals surface area contributed by atoms with E-state index in [9.17, 15) is 0 Å². The molecule has 0 spiro atoms. The molecule has 0 aromatic heterocycles. The van der Waals surface area contributed by atoms with Crippen molar-refractivity contribution in [3.05, 3.63) is 77.5 Å². The van der Waals surface area contributed by atoms with Crippen LogP contribution in [0.2, 0.25) is 0 Å². The van der Waals surface area contributed by atoms with Gasteiger partial charge < -0.3 is 15.1 Å². The average molecular weight is 419 g/mol. The molecule has 166 valence electrons. The Morgan fingerprint density at radius 2 is 2.03 bits per heavy atom. The van der Waals surface area contributed by atoms with Crippen LogP contribution < -0.4 is 5.32 Å². The third-order valence-electron chi connectivity index (χ3n) is 6.13. The summed E-state index contributed by atoms with van der Waals surface area (Å²) in [5, 5.41) is 3.35. The van der Waals surface area contributed by atoms with Gasteiger partial charge in [-0.05, 0) is 37.6 Å². The van der Waals surface area contributed by atoms with Crippen LogP contribution in [-0.2, 0) is 0 Å². The van der Waals surface area contributed by atoms with E-state index in [1.165, 1.54) is 41.8 Å². The van der Waals surface area contributed by atoms with Gasteiger partial charge in [-0.1, -0.05) is 74.4 Å². The normalized spacial score (nSPS) is 18.0. The molecule has 1 unspecified atom stereocenters. The van der Waals surface area contributed by atoms with Crippen LogP contribution in [0, 0.1) is 6.92 Å². The lowest BCUT2D eigenvalue weighted by atomic mass is 10.1. The number of unbranched alkanes of at least 4 members (excludes halogenated alkanes) is 2. The Morgan fingerprint density at radius 3 is 2.74 bits per heavy atom. The van der Waals surface area contributed by atoms with Crippen LogP contribution in [0.25, 0.3) is 5.70 Å². The Kier molecular flexibility index (Phi) is 8.30. The van der Waals surface area contributed by atoms with Gasteiger partial charge in [0.1, 0.15) is 5.84 Å². The summed E-state index contributed by atoms with van der Waals surface area (Å²) in [5.41, 5.74) is 6.08. The lowest BCUT2D eigenvalue weighted by Gasteiger charge is -2.33. The summed E-state index contributed by atoms with van der Waals surface area (Å²) in [4.78, 5) is 9.75. The molecule has 0 saturated heterocycles. The Morgan fingerprint density at radius 1 is 1.26 bits per heavy atom. The third kappa shape index (κ3) is 6.20. The summed E-state index contributed by atoms with van der Waals surface area (Å²) in [6, 6.07) is 9.01. The molecule has 1 atom stereocenters. The van der Waals surface area contributed by atoms with E-state index in [0.29, 0.717) is 6.04 Å². The molecule has 3 rings (SSSR count). The first-order valence-corrected chi connectivity index (χ1v) is 11.5. The summed E-state index contributed by atoms with van der Waals surface area (Å²) < 4.78 is 0. The third-order valence-corrected chi connectivity index (χ3v) is 6.13. The van der Waals surface area contributed by atoms with Crippen molar-refractivity contribution in [2.45, 2.75) is 45.6 Å². The van der Waals surface area contributed by atoms with E-state index in [1.54, 1.807) is 0 Å². The number of aliphatic imine (C=N–C) groups is 1. The van der Waals surface area contributed by atoms with E-state index in [-0.39, 0.29) is 0 Å². The van der Waals surface area contributed by atoms with Gasteiger partial charge in [0, 0.05) is 38.3 Å². The zero-order valence-electron chi connectivity index (χ0n) is 19.7. The zero-order valence-corrected chi connectivity index (χ0v) is 19.7. The number of aryl methyl sites for hydroxylation is 1. The molecule has 1 aliphatic heterocycles.